The predicted octanol–water partition coefficient (Wildman–Crippen LogP) is 4.91. The highest BCUT2D eigenvalue weighted by atomic mass is 79.9. The van der Waals surface area contributed by atoms with Crippen LogP contribution in [-0.2, 0) is 6.42 Å². The predicted molar refractivity (Wildman–Crippen MR) is 83.7 cm³/mol. The van der Waals surface area contributed by atoms with Gasteiger partial charge in [-0.05, 0) is 47.5 Å². The van der Waals surface area contributed by atoms with Gasteiger partial charge in [-0.2, -0.15) is 0 Å². The molecule has 102 valence electrons. The third kappa shape index (κ3) is 2.61. The Morgan fingerprint density at radius 1 is 1.15 bits per heavy atom. The van der Waals surface area contributed by atoms with Gasteiger partial charge in [0.25, 0.3) is 0 Å². The minimum Gasteiger partial charge on any atom is -0.454 e. The lowest BCUT2D eigenvalue weighted by molar-refractivity contribution is 0.627. The molecule has 4 heteroatoms. The van der Waals surface area contributed by atoms with Crippen molar-refractivity contribution in [2.45, 2.75) is 26.7 Å². The maximum atomic E-state index is 5.89. The van der Waals surface area contributed by atoms with E-state index in [1.54, 1.807) is 0 Å². The lowest BCUT2D eigenvalue weighted by Gasteiger charge is -2.01. The average Bonchev–Trinajstić information content (AvgIpc) is 2.81. The van der Waals surface area contributed by atoms with E-state index in [-0.39, 0.29) is 0 Å². The van der Waals surface area contributed by atoms with Crippen LogP contribution in [0.4, 0.5) is 0 Å². The second kappa shape index (κ2) is 5.37. The summed E-state index contributed by atoms with van der Waals surface area (Å²) in [4.78, 5) is 8.96. The van der Waals surface area contributed by atoms with E-state index in [0.29, 0.717) is 0 Å². The van der Waals surface area contributed by atoms with Gasteiger partial charge in [0, 0.05) is 17.9 Å². The van der Waals surface area contributed by atoms with Crippen LogP contribution in [0.1, 0.15) is 24.7 Å². The summed E-state index contributed by atoms with van der Waals surface area (Å²) in [7, 11) is 0. The molecule has 0 atom stereocenters. The number of aromatic nitrogens is 2. The highest BCUT2D eigenvalue weighted by Crippen LogP contribution is 2.28. The second-order valence-corrected chi connectivity index (χ2v) is 5.71. The van der Waals surface area contributed by atoms with Crippen molar-refractivity contribution < 1.29 is 4.42 Å². The zero-order chi connectivity index (χ0) is 14.1. The van der Waals surface area contributed by atoms with Crippen LogP contribution in [0.25, 0.3) is 22.4 Å². The van der Waals surface area contributed by atoms with Gasteiger partial charge in [-0.3, -0.25) is 0 Å². The monoisotopic (exact) mass is 330 g/mol. The topological polar surface area (TPSA) is 38.9 Å². The number of hydrogen-bond acceptors (Lipinski definition) is 3. The highest BCUT2D eigenvalue weighted by molar-refractivity contribution is 9.10. The summed E-state index contributed by atoms with van der Waals surface area (Å²) in [6.07, 6.45) is 1.89. The van der Waals surface area contributed by atoms with Gasteiger partial charge < -0.3 is 4.42 Å². The molecule has 3 aromatic rings. The number of rotatable bonds is 3. The molecular formula is C16H15BrN2O. The molecule has 0 aliphatic carbocycles. The molecule has 2 heterocycles. The maximum Gasteiger partial charge on any atom is 0.153 e. The first kappa shape index (κ1) is 13.3. The summed E-state index contributed by atoms with van der Waals surface area (Å²) >= 11 is 3.44. The SMILES string of the molecule is CCCc1nc(Br)cc(-c2cc3cc(C)ccc3o2)n1. The quantitative estimate of drug-likeness (QED) is 0.640. The summed E-state index contributed by atoms with van der Waals surface area (Å²) < 4.78 is 6.68. The molecule has 3 nitrogen and oxygen atoms in total. The Morgan fingerprint density at radius 3 is 2.80 bits per heavy atom. The fourth-order valence-corrected chi connectivity index (χ4v) is 2.64. The van der Waals surface area contributed by atoms with E-state index < -0.39 is 0 Å². The van der Waals surface area contributed by atoms with Crippen molar-refractivity contribution in [3.05, 3.63) is 46.3 Å². The molecule has 0 bridgehead atoms. The number of fused-ring (bicyclic) bond motifs is 1. The summed E-state index contributed by atoms with van der Waals surface area (Å²) in [6, 6.07) is 10.1. The molecular weight excluding hydrogens is 316 g/mol. The number of halogens is 1. The molecule has 0 aliphatic heterocycles. The number of benzene rings is 1. The zero-order valence-electron chi connectivity index (χ0n) is 11.5. The Bertz CT molecular complexity index is 764. The maximum absolute atomic E-state index is 5.89. The van der Waals surface area contributed by atoms with Crippen molar-refractivity contribution in [1.29, 1.82) is 0 Å². The molecule has 0 unspecified atom stereocenters. The molecule has 0 amide bonds. The van der Waals surface area contributed by atoms with E-state index in [0.717, 1.165) is 45.7 Å². The van der Waals surface area contributed by atoms with E-state index in [4.69, 9.17) is 4.42 Å². The van der Waals surface area contributed by atoms with Crippen LogP contribution in [0.2, 0.25) is 0 Å². The van der Waals surface area contributed by atoms with E-state index in [2.05, 4.69) is 45.8 Å². The van der Waals surface area contributed by atoms with Crippen molar-refractivity contribution in [3.63, 3.8) is 0 Å². The molecule has 0 spiro atoms. The molecule has 1 aromatic carbocycles. The van der Waals surface area contributed by atoms with Crippen LogP contribution in [0.3, 0.4) is 0 Å². The first-order valence-electron chi connectivity index (χ1n) is 6.70. The van der Waals surface area contributed by atoms with Gasteiger partial charge in [-0.25, -0.2) is 9.97 Å². The first-order valence-corrected chi connectivity index (χ1v) is 7.49. The fraction of sp³-hybridized carbons (Fsp3) is 0.250. The van der Waals surface area contributed by atoms with Crippen LogP contribution < -0.4 is 0 Å². The number of furan rings is 1. The summed E-state index contributed by atoms with van der Waals surface area (Å²) in [5.74, 6) is 1.62. The molecule has 20 heavy (non-hydrogen) atoms. The molecule has 0 saturated heterocycles. The average molecular weight is 331 g/mol. The number of aryl methyl sites for hydroxylation is 2. The van der Waals surface area contributed by atoms with Gasteiger partial charge in [-0.15, -0.1) is 0 Å². The molecule has 3 rings (SSSR count). The minimum absolute atomic E-state index is 0.783. The normalized spacial score (nSPS) is 11.2. The second-order valence-electron chi connectivity index (χ2n) is 4.89. The molecule has 0 aliphatic rings. The number of nitrogens with zero attached hydrogens (tertiary/aromatic N) is 2. The van der Waals surface area contributed by atoms with Gasteiger partial charge in [0.2, 0.25) is 0 Å². The summed E-state index contributed by atoms with van der Waals surface area (Å²) in [6.45, 7) is 4.20. The Morgan fingerprint density at radius 2 is 2.00 bits per heavy atom. The summed E-state index contributed by atoms with van der Waals surface area (Å²) in [5, 5.41) is 1.10. The van der Waals surface area contributed by atoms with Gasteiger partial charge >= 0.3 is 0 Å². The van der Waals surface area contributed by atoms with Gasteiger partial charge in [0.1, 0.15) is 21.7 Å². The van der Waals surface area contributed by atoms with Crippen molar-refractivity contribution in [1.82, 2.24) is 9.97 Å². The molecule has 0 radical (unpaired) electrons. The van der Waals surface area contributed by atoms with Gasteiger partial charge in [-0.1, -0.05) is 18.6 Å². The standard InChI is InChI=1S/C16H15BrN2O/c1-3-4-16-18-12(9-15(17)19-16)14-8-11-7-10(2)5-6-13(11)20-14/h5-9H,3-4H2,1-2H3. The third-order valence-electron chi connectivity index (χ3n) is 3.14. The Hall–Kier alpha value is -1.68. The van der Waals surface area contributed by atoms with E-state index >= 15 is 0 Å². The van der Waals surface area contributed by atoms with Crippen LogP contribution in [0, 0.1) is 6.92 Å². The van der Waals surface area contributed by atoms with Crippen LogP contribution in [0.15, 0.2) is 39.4 Å². The van der Waals surface area contributed by atoms with E-state index in [1.807, 2.05) is 24.3 Å². The first-order chi connectivity index (χ1) is 9.65. The van der Waals surface area contributed by atoms with Crippen LogP contribution >= 0.6 is 15.9 Å². The lowest BCUT2D eigenvalue weighted by atomic mass is 10.2. The zero-order valence-corrected chi connectivity index (χ0v) is 13.1. The fourth-order valence-electron chi connectivity index (χ4n) is 2.22. The Balaban J connectivity index is 2.10. The van der Waals surface area contributed by atoms with Crippen molar-refractivity contribution in [2.75, 3.05) is 0 Å². The van der Waals surface area contributed by atoms with Gasteiger partial charge in [0.15, 0.2) is 5.76 Å². The Kier molecular flexibility index (Phi) is 3.57. The van der Waals surface area contributed by atoms with Crippen molar-refractivity contribution in [3.8, 4) is 11.5 Å². The molecule has 2 aromatic heterocycles. The number of hydrogen-bond donors (Lipinski definition) is 0. The lowest BCUT2D eigenvalue weighted by Crippen LogP contribution is -1.96. The van der Waals surface area contributed by atoms with Gasteiger partial charge in [0.05, 0.1) is 0 Å². The molecule has 0 fully saturated rings. The minimum atomic E-state index is 0.783. The van der Waals surface area contributed by atoms with Crippen LogP contribution in [-0.4, -0.2) is 9.97 Å². The smallest absolute Gasteiger partial charge is 0.153 e. The Labute approximate surface area is 126 Å². The summed E-state index contributed by atoms with van der Waals surface area (Å²) in [5.41, 5.74) is 2.93. The largest absolute Gasteiger partial charge is 0.454 e. The van der Waals surface area contributed by atoms with Crippen LogP contribution in [0.5, 0.6) is 0 Å². The molecule has 0 N–H and O–H groups in total. The molecule has 0 saturated carbocycles. The third-order valence-corrected chi connectivity index (χ3v) is 3.55. The highest BCUT2D eigenvalue weighted by Gasteiger charge is 2.10. The van der Waals surface area contributed by atoms with Crippen molar-refractivity contribution in [2.24, 2.45) is 0 Å². The van der Waals surface area contributed by atoms with Crippen molar-refractivity contribution >= 4 is 26.9 Å². The van der Waals surface area contributed by atoms with E-state index in [9.17, 15) is 0 Å². The van der Waals surface area contributed by atoms with E-state index in [1.165, 1.54) is 5.56 Å².